The van der Waals surface area contributed by atoms with E-state index in [1.54, 1.807) is 12.1 Å². The minimum atomic E-state index is -0.0138. The highest BCUT2D eigenvalue weighted by Gasteiger charge is 1.97. The molecule has 0 saturated heterocycles. The second-order valence-corrected chi connectivity index (χ2v) is 3.23. The van der Waals surface area contributed by atoms with Gasteiger partial charge in [-0.2, -0.15) is 0 Å². The summed E-state index contributed by atoms with van der Waals surface area (Å²) in [5.41, 5.74) is 0. The van der Waals surface area contributed by atoms with Crippen molar-refractivity contribution in [2.75, 3.05) is 39.6 Å². The summed E-state index contributed by atoms with van der Waals surface area (Å²) in [5.74, 6) is 1.35. The largest absolute Gasteiger partial charge is 0.491 e. The fraction of sp³-hybridized carbons (Fsp3) is 0.500. The van der Waals surface area contributed by atoms with Crippen molar-refractivity contribution < 1.29 is 24.4 Å². The molecule has 0 unspecified atom stereocenters. The number of hydrogen-bond donors (Lipinski definition) is 2. The fourth-order valence-electron chi connectivity index (χ4n) is 1.20. The molecule has 0 spiro atoms. The Morgan fingerprint density at radius 2 is 1.47 bits per heavy atom. The van der Waals surface area contributed by atoms with Crippen molar-refractivity contribution in [1.29, 1.82) is 0 Å². The molecular weight excluding hydrogens is 224 g/mol. The van der Waals surface area contributed by atoms with Gasteiger partial charge in [-0.1, -0.05) is 6.07 Å². The summed E-state index contributed by atoms with van der Waals surface area (Å²) in [6, 6.07) is 7.18. The first kappa shape index (κ1) is 13.8. The molecular formula is C12H18O5. The van der Waals surface area contributed by atoms with Gasteiger partial charge in [-0.05, 0) is 12.1 Å². The molecule has 0 amide bonds. The standard InChI is InChI=1S/C12H18O5/c13-4-6-15-8-9-17-12-3-1-2-11(10-12)16-7-5-14/h1-3,10,13-14H,4-9H2. The molecule has 0 fully saturated rings. The van der Waals surface area contributed by atoms with Gasteiger partial charge in [0.1, 0.15) is 24.7 Å². The molecule has 1 rings (SSSR count). The predicted octanol–water partition coefficient (Wildman–Crippen LogP) is 0.445. The second kappa shape index (κ2) is 8.81. The Morgan fingerprint density at radius 3 is 2.12 bits per heavy atom. The van der Waals surface area contributed by atoms with Crippen LogP contribution in [0.25, 0.3) is 0 Å². The smallest absolute Gasteiger partial charge is 0.123 e. The van der Waals surface area contributed by atoms with Crippen LogP contribution in [0.2, 0.25) is 0 Å². The van der Waals surface area contributed by atoms with Gasteiger partial charge in [-0.3, -0.25) is 0 Å². The first-order valence-corrected chi connectivity index (χ1v) is 5.52. The van der Waals surface area contributed by atoms with Gasteiger partial charge in [0.05, 0.1) is 26.4 Å². The monoisotopic (exact) mass is 242 g/mol. The van der Waals surface area contributed by atoms with Crippen LogP contribution in [0.4, 0.5) is 0 Å². The van der Waals surface area contributed by atoms with E-state index in [1.807, 2.05) is 12.1 Å². The van der Waals surface area contributed by atoms with Gasteiger partial charge in [-0.15, -0.1) is 0 Å². The molecule has 0 saturated carbocycles. The van der Waals surface area contributed by atoms with Crippen molar-refractivity contribution in [3.63, 3.8) is 0 Å². The molecule has 1 aromatic rings. The molecule has 0 radical (unpaired) electrons. The van der Waals surface area contributed by atoms with Crippen LogP contribution in [0, 0.1) is 0 Å². The maximum atomic E-state index is 8.63. The Labute approximate surface area is 101 Å². The van der Waals surface area contributed by atoms with E-state index in [1.165, 1.54) is 0 Å². The first-order valence-electron chi connectivity index (χ1n) is 5.52. The minimum absolute atomic E-state index is 0.0138. The Hall–Kier alpha value is -1.30. The van der Waals surface area contributed by atoms with Crippen molar-refractivity contribution in [1.82, 2.24) is 0 Å². The molecule has 0 heterocycles. The SMILES string of the molecule is OCCOCCOc1cccc(OCCO)c1. The molecule has 2 N–H and O–H groups in total. The van der Waals surface area contributed by atoms with Gasteiger partial charge in [0.15, 0.2) is 0 Å². The minimum Gasteiger partial charge on any atom is -0.491 e. The molecule has 0 aromatic heterocycles. The van der Waals surface area contributed by atoms with Crippen LogP contribution in [-0.4, -0.2) is 49.9 Å². The zero-order chi connectivity index (χ0) is 12.3. The molecule has 0 bridgehead atoms. The van der Waals surface area contributed by atoms with Gasteiger partial charge >= 0.3 is 0 Å². The van der Waals surface area contributed by atoms with Crippen LogP contribution >= 0.6 is 0 Å². The molecule has 0 aliphatic heterocycles. The Kier molecular flexibility index (Phi) is 7.13. The first-order chi connectivity index (χ1) is 8.36. The number of hydrogen-bond acceptors (Lipinski definition) is 5. The summed E-state index contributed by atoms with van der Waals surface area (Å²) >= 11 is 0. The van der Waals surface area contributed by atoms with Crippen LogP contribution in [0.15, 0.2) is 24.3 Å². The second-order valence-electron chi connectivity index (χ2n) is 3.23. The number of rotatable bonds is 9. The molecule has 1 aromatic carbocycles. The summed E-state index contributed by atoms with van der Waals surface area (Å²) in [6.07, 6.45) is 0. The van der Waals surface area contributed by atoms with E-state index >= 15 is 0 Å². The highest BCUT2D eigenvalue weighted by Crippen LogP contribution is 2.19. The molecule has 5 nitrogen and oxygen atoms in total. The third kappa shape index (κ3) is 6.11. The maximum absolute atomic E-state index is 8.63. The lowest BCUT2D eigenvalue weighted by Gasteiger charge is -2.08. The summed E-state index contributed by atoms with van der Waals surface area (Å²) in [5, 5.41) is 17.1. The van der Waals surface area contributed by atoms with Crippen molar-refractivity contribution in [3.05, 3.63) is 24.3 Å². The number of aliphatic hydroxyl groups excluding tert-OH is 2. The van der Waals surface area contributed by atoms with E-state index in [9.17, 15) is 0 Å². The average molecular weight is 242 g/mol. The van der Waals surface area contributed by atoms with Gasteiger partial charge in [0.25, 0.3) is 0 Å². The van der Waals surface area contributed by atoms with E-state index in [-0.39, 0.29) is 19.8 Å². The molecule has 0 aliphatic carbocycles. The predicted molar refractivity (Wildman–Crippen MR) is 62.4 cm³/mol. The van der Waals surface area contributed by atoms with E-state index in [0.717, 1.165) is 0 Å². The highest BCUT2D eigenvalue weighted by molar-refractivity contribution is 5.32. The fourth-order valence-corrected chi connectivity index (χ4v) is 1.20. The lowest BCUT2D eigenvalue weighted by atomic mass is 10.3. The van der Waals surface area contributed by atoms with E-state index in [2.05, 4.69) is 0 Å². The lowest BCUT2D eigenvalue weighted by molar-refractivity contribution is 0.0704. The topological polar surface area (TPSA) is 68.2 Å². The summed E-state index contributed by atoms with van der Waals surface area (Å²) in [6.45, 7) is 1.45. The van der Waals surface area contributed by atoms with Crippen LogP contribution in [0.3, 0.4) is 0 Å². The van der Waals surface area contributed by atoms with Gasteiger partial charge < -0.3 is 24.4 Å². The summed E-state index contributed by atoms with van der Waals surface area (Å²) < 4.78 is 15.7. The zero-order valence-corrected chi connectivity index (χ0v) is 9.67. The van der Waals surface area contributed by atoms with Crippen LogP contribution in [0.5, 0.6) is 11.5 Å². The molecule has 96 valence electrons. The Bertz CT molecular complexity index is 303. The maximum Gasteiger partial charge on any atom is 0.123 e. The van der Waals surface area contributed by atoms with Crippen LogP contribution in [-0.2, 0) is 4.74 Å². The van der Waals surface area contributed by atoms with Crippen LogP contribution in [0.1, 0.15) is 0 Å². The van der Waals surface area contributed by atoms with Gasteiger partial charge in [-0.25, -0.2) is 0 Å². The van der Waals surface area contributed by atoms with E-state index in [0.29, 0.717) is 31.3 Å². The normalized spacial score (nSPS) is 10.2. The summed E-state index contributed by atoms with van der Waals surface area (Å²) in [4.78, 5) is 0. The highest BCUT2D eigenvalue weighted by atomic mass is 16.5. The van der Waals surface area contributed by atoms with E-state index in [4.69, 9.17) is 24.4 Å². The van der Waals surface area contributed by atoms with Gasteiger partial charge in [0, 0.05) is 6.07 Å². The molecule has 17 heavy (non-hydrogen) atoms. The lowest BCUT2D eigenvalue weighted by Crippen LogP contribution is -2.09. The molecule has 5 heteroatoms. The molecule has 0 atom stereocenters. The third-order valence-electron chi connectivity index (χ3n) is 1.90. The Balaban J connectivity index is 2.27. The van der Waals surface area contributed by atoms with Crippen molar-refractivity contribution in [2.24, 2.45) is 0 Å². The van der Waals surface area contributed by atoms with Crippen molar-refractivity contribution in [2.45, 2.75) is 0 Å². The van der Waals surface area contributed by atoms with Gasteiger partial charge in [0.2, 0.25) is 0 Å². The van der Waals surface area contributed by atoms with E-state index < -0.39 is 0 Å². The zero-order valence-electron chi connectivity index (χ0n) is 9.67. The number of aliphatic hydroxyl groups is 2. The Morgan fingerprint density at radius 1 is 0.824 bits per heavy atom. The number of benzene rings is 1. The average Bonchev–Trinajstić information content (AvgIpc) is 2.37. The summed E-state index contributed by atoms with van der Waals surface area (Å²) in [7, 11) is 0. The molecule has 0 aliphatic rings. The number of ether oxygens (including phenoxy) is 3. The quantitative estimate of drug-likeness (QED) is 0.615. The third-order valence-corrected chi connectivity index (χ3v) is 1.90. The van der Waals surface area contributed by atoms with Crippen molar-refractivity contribution in [3.8, 4) is 11.5 Å². The van der Waals surface area contributed by atoms with Crippen molar-refractivity contribution >= 4 is 0 Å². The van der Waals surface area contributed by atoms with Crippen LogP contribution < -0.4 is 9.47 Å².